The molecule has 4 nitrogen and oxygen atoms in total. The second-order valence-electron chi connectivity index (χ2n) is 4.55. The van der Waals surface area contributed by atoms with E-state index in [4.69, 9.17) is 15.9 Å². The Labute approximate surface area is 120 Å². The fourth-order valence-electron chi connectivity index (χ4n) is 2.14. The second kappa shape index (κ2) is 6.34. The number of rotatable bonds is 5. The van der Waals surface area contributed by atoms with Crippen LogP contribution in [-0.2, 0) is 0 Å². The van der Waals surface area contributed by atoms with Crippen LogP contribution in [0.25, 0.3) is 0 Å². The van der Waals surface area contributed by atoms with Crippen molar-refractivity contribution in [3.63, 3.8) is 0 Å². The standard InChI is InChI=1S/C13H17BrFN3O/c14-11-9(13(16)17)3-4-10(12(11)15)19-8-7-18-5-1-2-6-18/h3-4H,1-2,5-8H2,(H3,16,17). The number of hydrogen-bond acceptors (Lipinski definition) is 3. The first-order valence-corrected chi connectivity index (χ1v) is 7.06. The molecule has 104 valence electrons. The highest BCUT2D eigenvalue weighted by atomic mass is 79.9. The predicted octanol–water partition coefficient (Wildman–Crippen LogP) is 2.35. The summed E-state index contributed by atoms with van der Waals surface area (Å²) in [5.74, 6) is -0.486. The Hall–Kier alpha value is -1.14. The zero-order chi connectivity index (χ0) is 13.8. The molecular weight excluding hydrogens is 313 g/mol. The summed E-state index contributed by atoms with van der Waals surface area (Å²) in [6, 6.07) is 3.10. The molecule has 0 amide bonds. The molecule has 0 saturated carbocycles. The zero-order valence-corrected chi connectivity index (χ0v) is 12.2. The van der Waals surface area contributed by atoms with Crippen LogP contribution >= 0.6 is 15.9 Å². The number of benzene rings is 1. The molecule has 0 bridgehead atoms. The molecule has 1 aliphatic heterocycles. The van der Waals surface area contributed by atoms with Crippen LogP contribution in [0.5, 0.6) is 5.75 Å². The Bertz CT molecular complexity index is 475. The van der Waals surface area contributed by atoms with Crippen molar-refractivity contribution >= 4 is 21.8 Å². The zero-order valence-electron chi connectivity index (χ0n) is 10.6. The van der Waals surface area contributed by atoms with Crippen LogP contribution < -0.4 is 10.5 Å². The third-order valence-corrected chi connectivity index (χ3v) is 3.98. The molecular formula is C13H17BrFN3O. The molecule has 1 aromatic rings. The monoisotopic (exact) mass is 329 g/mol. The van der Waals surface area contributed by atoms with E-state index in [0.29, 0.717) is 12.2 Å². The van der Waals surface area contributed by atoms with Gasteiger partial charge in [0.1, 0.15) is 12.4 Å². The van der Waals surface area contributed by atoms with Gasteiger partial charge in [-0.1, -0.05) is 0 Å². The van der Waals surface area contributed by atoms with Crippen molar-refractivity contribution in [3.05, 3.63) is 28.0 Å². The minimum atomic E-state index is -0.505. The van der Waals surface area contributed by atoms with Crippen LogP contribution in [0.4, 0.5) is 4.39 Å². The minimum absolute atomic E-state index is 0.172. The number of hydrogen-bond donors (Lipinski definition) is 2. The van der Waals surface area contributed by atoms with Gasteiger partial charge in [0.05, 0.1) is 4.47 Å². The van der Waals surface area contributed by atoms with Gasteiger partial charge in [0, 0.05) is 12.1 Å². The van der Waals surface area contributed by atoms with E-state index in [0.717, 1.165) is 19.6 Å². The summed E-state index contributed by atoms with van der Waals surface area (Å²) < 4.78 is 19.6. The van der Waals surface area contributed by atoms with E-state index in [1.54, 1.807) is 6.07 Å². The highest BCUT2D eigenvalue weighted by Crippen LogP contribution is 2.28. The first-order chi connectivity index (χ1) is 9.09. The lowest BCUT2D eigenvalue weighted by molar-refractivity contribution is 0.231. The summed E-state index contributed by atoms with van der Waals surface area (Å²) in [4.78, 5) is 2.30. The Morgan fingerprint density at radius 3 is 2.74 bits per heavy atom. The molecule has 0 atom stereocenters. The average molecular weight is 330 g/mol. The topological polar surface area (TPSA) is 62.3 Å². The summed E-state index contributed by atoms with van der Waals surface area (Å²) >= 11 is 3.10. The smallest absolute Gasteiger partial charge is 0.179 e. The maximum atomic E-state index is 14.0. The molecule has 1 aliphatic rings. The number of nitrogens with one attached hydrogen (secondary N) is 1. The molecule has 0 unspecified atom stereocenters. The van der Waals surface area contributed by atoms with E-state index in [-0.39, 0.29) is 16.1 Å². The van der Waals surface area contributed by atoms with Crippen molar-refractivity contribution in [2.75, 3.05) is 26.2 Å². The van der Waals surface area contributed by atoms with Crippen LogP contribution in [0.2, 0.25) is 0 Å². The lowest BCUT2D eigenvalue weighted by Gasteiger charge is -2.15. The maximum Gasteiger partial charge on any atom is 0.179 e. The van der Waals surface area contributed by atoms with Gasteiger partial charge in [-0.05, 0) is 54.0 Å². The molecule has 1 saturated heterocycles. The second-order valence-corrected chi connectivity index (χ2v) is 5.34. The number of nitrogen functional groups attached to an aromatic ring is 1. The molecule has 0 aliphatic carbocycles. The predicted molar refractivity (Wildman–Crippen MR) is 76.3 cm³/mol. The highest BCUT2D eigenvalue weighted by Gasteiger charge is 2.15. The Morgan fingerprint density at radius 2 is 2.11 bits per heavy atom. The summed E-state index contributed by atoms with van der Waals surface area (Å²) in [5.41, 5.74) is 5.69. The van der Waals surface area contributed by atoms with E-state index in [2.05, 4.69) is 20.8 Å². The number of nitrogens with zero attached hydrogens (tertiary/aromatic N) is 1. The number of likely N-dealkylation sites (tertiary alicyclic amines) is 1. The van der Waals surface area contributed by atoms with E-state index < -0.39 is 5.82 Å². The van der Waals surface area contributed by atoms with E-state index in [1.165, 1.54) is 18.9 Å². The number of ether oxygens (including phenoxy) is 1. The molecule has 1 aromatic carbocycles. The maximum absolute atomic E-state index is 14.0. The van der Waals surface area contributed by atoms with Gasteiger partial charge in [-0.3, -0.25) is 10.3 Å². The van der Waals surface area contributed by atoms with E-state index in [9.17, 15) is 4.39 Å². The van der Waals surface area contributed by atoms with E-state index in [1.807, 2.05) is 0 Å². The summed E-state index contributed by atoms with van der Waals surface area (Å²) in [7, 11) is 0. The molecule has 0 aromatic heterocycles. The first-order valence-electron chi connectivity index (χ1n) is 6.27. The Balaban J connectivity index is 1.96. The van der Waals surface area contributed by atoms with Crippen LogP contribution in [-0.4, -0.2) is 37.0 Å². The number of nitrogens with two attached hydrogens (primary N) is 1. The van der Waals surface area contributed by atoms with Crippen LogP contribution in [0.3, 0.4) is 0 Å². The van der Waals surface area contributed by atoms with Crippen molar-refractivity contribution in [2.45, 2.75) is 12.8 Å². The summed E-state index contributed by atoms with van der Waals surface area (Å²) in [6.45, 7) is 3.46. The number of halogens is 2. The molecule has 0 radical (unpaired) electrons. The van der Waals surface area contributed by atoms with Crippen LogP contribution in [0.1, 0.15) is 18.4 Å². The van der Waals surface area contributed by atoms with Gasteiger partial charge < -0.3 is 10.5 Å². The van der Waals surface area contributed by atoms with Gasteiger partial charge in [-0.15, -0.1) is 0 Å². The third-order valence-electron chi connectivity index (χ3n) is 3.20. The Morgan fingerprint density at radius 1 is 1.42 bits per heavy atom. The van der Waals surface area contributed by atoms with Crippen LogP contribution in [0.15, 0.2) is 16.6 Å². The van der Waals surface area contributed by atoms with Gasteiger partial charge in [0.2, 0.25) is 0 Å². The lowest BCUT2D eigenvalue weighted by Crippen LogP contribution is -2.25. The molecule has 1 heterocycles. The molecule has 2 rings (SSSR count). The van der Waals surface area contributed by atoms with Gasteiger partial charge in [0.15, 0.2) is 11.6 Å². The lowest BCUT2D eigenvalue weighted by atomic mass is 10.2. The van der Waals surface area contributed by atoms with Gasteiger partial charge in [-0.25, -0.2) is 4.39 Å². The fourth-order valence-corrected chi connectivity index (χ4v) is 2.68. The van der Waals surface area contributed by atoms with Crippen molar-refractivity contribution in [1.29, 1.82) is 5.41 Å². The van der Waals surface area contributed by atoms with Crippen molar-refractivity contribution in [2.24, 2.45) is 5.73 Å². The molecule has 1 fully saturated rings. The largest absolute Gasteiger partial charge is 0.489 e. The molecule has 6 heteroatoms. The highest BCUT2D eigenvalue weighted by molar-refractivity contribution is 9.10. The fraction of sp³-hybridized carbons (Fsp3) is 0.462. The van der Waals surface area contributed by atoms with Crippen LogP contribution in [0, 0.1) is 11.2 Å². The Kier molecular flexibility index (Phi) is 4.76. The molecule has 3 N–H and O–H groups in total. The van der Waals surface area contributed by atoms with Gasteiger partial charge in [0.25, 0.3) is 0 Å². The normalized spacial score (nSPS) is 15.7. The number of amidine groups is 1. The quantitative estimate of drug-likeness (QED) is 0.643. The molecule has 19 heavy (non-hydrogen) atoms. The summed E-state index contributed by atoms with van der Waals surface area (Å²) in [6.07, 6.45) is 2.46. The van der Waals surface area contributed by atoms with Gasteiger partial charge in [-0.2, -0.15) is 0 Å². The third kappa shape index (κ3) is 3.45. The van der Waals surface area contributed by atoms with Crippen molar-refractivity contribution < 1.29 is 9.13 Å². The van der Waals surface area contributed by atoms with Crippen molar-refractivity contribution in [3.8, 4) is 5.75 Å². The first kappa shape index (κ1) is 14.3. The van der Waals surface area contributed by atoms with Gasteiger partial charge >= 0.3 is 0 Å². The SMILES string of the molecule is N=C(N)c1ccc(OCCN2CCCC2)c(F)c1Br. The molecule has 0 spiro atoms. The van der Waals surface area contributed by atoms with E-state index >= 15 is 0 Å². The van der Waals surface area contributed by atoms with Crippen molar-refractivity contribution in [1.82, 2.24) is 4.90 Å². The minimum Gasteiger partial charge on any atom is -0.489 e. The summed E-state index contributed by atoms with van der Waals surface area (Å²) in [5, 5.41) is 7.33. The average Bonchev–Trinajstić information content (AvgIpc) is 2.87.